The first-order valence-corrected chi connectivity index (χ1v) is 8.54. The van der Waals surface area contributed by atoms with Crippen molar-refractivity contribution in [1.82, 2.24) is 9.80 Å². The fraction of sp³-hybridized carbons (Fsp3) is 0.667. The summed E-state index contributed by atoms with van der Waals surface area (Å²) in [7, 11) is 0. The number of likely N-dealkylation sites (tertiary alicyclic amines) is 1. The van der Waals surface area contributed by atoms with Gasteiger partial charge in [-0.15, -0.1) is 0 Å². The number of rotatable bonds is 6. The second-order valence-electron chi connectivity index (χ2n) is 6.61. The summed E-state index contributed by atoms with van der Waals surface area (Å²) >= 11 is 0. The first kappa shape index (κ1) is 15.9. The Morgan fingerprint density at radius 1 is 1.05 bits per heavy atom. The highest BCUT2D eigenvalue weighted by Crippen LogP contribution is 2.21. The highest BCUT2D eigenvalue weighted by atomic mass is 16.5. The molecule has 0 aromatic heterocycles. The Balaban J connectivity index is 1.52. The van der Waals surface area contributed by atoms with Crippen molar-refractivity contribution < 1.29 is 9.84 Å². The van der Waals surface area contributed by atoms with Gasteiger partial charge in [0.25, 0.3) is 0 Å². The van der Waals surface area contributed by atoms with Crippen molar-refractivity contribution in [3.8, 4) is 0 Å². The van der Waals surface area contributed by atoms with E-state index in [0.717, 1.165) is 52.4 Å². The summed E-state index contributed by atoms with van der Waals surface area (Å²) < 4.78 is 5.41. The van der Waals surface area contributed by atoms with Crippen LogP contribution >= 0.6 is 0 Å². The third kappa shape index (κ3) is 4.53. The third-order valence-electron chi connectivity index (χ3n) is 4.81. The number of ether oxygens (including phenoxy) is 1. The van der Waals surface area contributed by atoms with Crippen LogP contribution in [-0.4, -0.2) is 60.9 Å². The molecule has 2 saturated heterocycles. The fourth-order valence-corrected chi connectivity index (χ4v) is 3.58. The molecule has 0 bridgehead atoms. The Hall–Kier alpha value is -0.940. The maximum absolute atomic E-state index is 9.06. The maximum atomic E-state index is 9.06. The van der Waals surface area contributed by atoms with Gasteiger partial charge in [0, 0.05) is 39.3 Å². The second kappa shape index (κ2) is 8.06. The molecule has 0 aliphatic carbocycles. The highest BCUT2D eigenvalue weighted by Gasteiger charge is 2.21. The average molecular weight is 304 g/mol. The zero-order valence-electron chi connectivity index (χ0n) is 13.4. The standard InChI is InChI=1S/C18H28N2O2/c21-9-5-16-4-6-20(13-16)15-18-3-1-2-17(12-18)14-19-7-10-22-11-8-19/h1-3,12,16,21H,4-11,13-15H2/t16-/m0/s1. The molecule has 22 heavy (non-hydrogen) atoms. The molecular formula is C18H28N2O2. The molecule has 0 unspecified atom stereocenters. The quantitative estimate of drug-likeness (QED) is 0.868. The van der Waals surface area contributed by atoms with E-state index in [1.807, 2.05) is 0 Å². The number of nitrogens with zero attached hydrogens (tertiary/aromatic N) is 2. The van der Waals surface area contributed by atoms with Crippen LogP contribution in [0.1, 0.15) is 24.0 Å². The van der Waals surface area contributed by atoms with Crippen LogP contribution in [0.4, 0.5) is 0 Å². The fourth-order valence-electron chi connectivity index (χ4n) is 3.58. The van der Waals surface area contributed by atoms with Crippen molar-refractivity contribution in [2.45, 2.75) is 25.9 Å². The topological polar surface area (TPSA) is 35.9 Å². The monoisotopic (exact) mass is 304 g/mol. The number of hydrogen-bond acceptors (Lipinski definition) is 4. The Labute approximate surface area is 133 Å². The summed E-state index contributed by atoms with van der Waals surface area (Å²) in [5.41, 5.74) is 2.82. The summed E-state index contributed by atoms with van der Waals surface area (Å²) in [5.74, 6) is 0.682. The van der Waals surface area contributed by atoms with Crippen molar-refractivity contribution in [3.05, 3.63) is 35.4 Å². The van der Waals surface area contributed by atoms with Crippen LogP contribution in [0.25, 0.3) is 0 Å². The lowest BCUT2D eigenvalue weighted by Crippen LogP contribution is -2.35. The first-order chi connectivity index (χ1) is 10.8. The molecule has 0 saturated carbocycles. The van der Waals surface area contributed by atoms with E-state index in [1.54, 1.807) is 0 Å². The predicted octanol–water partition coefficient (Wildman–Crippen LogP) is 1.72. The molecule has 3 rings (SSSR count). The number of hydrogen-bond donors (Lipinski definition) is 1. The van der Waals surface area contributed by atoms with Crippen LogP contribution < -0.4 is 0 Å². The molecule has 0 amide bonds. The van der Waals surface area contributed by atoms with Crippen molar-refractivity contribution in [3.63, 3.8) is 0 Å². The maximum Gasteiger partial charge on any atom is 0.0594 e. The van der Waals surface area contributed by atoms with Gasteiger partial charge >= 0.3 is 0 Å². The molecule has 0 spiro atoms. The molecular weight excluding hydrogens is 276 g/mol. The number of aliphatic hydroxyl groups excluding tert-OH is 1. The molecule has 0 radical (unpaired) electrons. The summed E-state index contributed by atoms with van der Waals surface area (Å²) in [5, 5.41) is 9.06. The minimum absolute atomic E-state index is 0.327. The Kier molecular flexibility index (Phi) is 5.84. The summed E-state index contributed by atoms with van der Waals surface area (Å²) in [6.45, 7) is 8.50. The Bertz CT molecular complexity index is 460. The van der Waals surface area contributed by atoms with E-state index >= 15 is 0 Å². The van der Waals surface area contributed by atoms with Crippen LogP contribution in [-0.2, 0) is 17.8 Å². The van der Waals surface area contributed by atoms with Gasteiger partial charge in [0.05, 0.1) is 13.2 Å². The third-order valence-corrected chi connectivity index (χ3v) is 4.81. The van der Waals surface area contributed by atoms with Crippen LogP contribution in [0, 0.1) is 5.92 Å². The molecule has 4 nitrogen and oxygen atoms in total. The van der Waals surface area contributed by atoms with E-state index in [4.69, 9.17) is 9.84 Å². The van der Waals surface area contributed by atoms with Crippen molar-refractivity contribution in [1.29, 1.82) is 0 Å². The zero-order chi connectivity index (χ0) is 15.2. The average Bonchev–Trinajstić information content (AvgIpc) is 2.96. The molecule has 2 fully saturated rings. The van der Waals surface area contributed by atoms with E-state index in [0.29, 0.717) is 12.5 Å². The van der Waals surface area contributed by atoms with E-state index in [-0.39, 0.29) is 0 Å². The van der Waals surface area contributed by atoms with Gasteiger partial charge in [0.1, 0.15) is 0 Å². The number of aliphatic hydroxyl groups is 1. The second-order valence-corrected chi connectivity index (χ2v) is 6.61. The Morgan fingerprint density at radius 3 is 2.50 bits per heavy atom. The Morgan fingerprint density at radius 2 is 1.77 bits per heavy atom. The largest absolute Gasteiger partial charge is 0.396 e. The van der Waals surface area contributed by atoms with Crippen molar-refractivity contribution in [2.75, 3.05) is 46.0 Å². The van der Waals surface area contributed by atoms with Crippen LogP contribution in [0.3, 0.4) is 0 Å². The van der Waals surface area contributed by atoms with Gasteiger partial charge in [-0.2, -0.15) is 0 Å². The molecule has 1 aromatic rings. The molecule has 2 aliphatic heterocycles. The highest BCUT2D eigenvalue weighted by molar-refractivity contribution is 5.23. The van der Waals surface area contributed by atoms with Gasteiger partial charge < -0.3 is 9.84 Å². The van der Waals surface area contributed by atoms with Gasteiger partial charge in [-0.3, -0.25) is 9.80 Å². The SMILES string of the molecule is OCC[C@@H]1CCN(Cc2cccc(CN3CCOCC3)c2)C1. The van der Waals surface area contributed by atoms with E-state index in [9.17, 15) is 0 Å². The first-order valence-electron chi connectivity index (χ1n) is 8.54. The minimum Gasteiger partial charge on any atom is -0.396 e. The zero-order valence-corrected chi connectivity index (χ0v) is 13.4. The normalized spacial score (nSPS) is 24.0. The van der Waals surface area contributed by atoms with Crippen LogP contribution in [0.5, 0.6) is 0 Å². The number of morpholine rings is 1. The van der Waals surface area contributed by atoms with Crippen LogP contribution in [0.2, 0.25) is 0 Å². The summed E-state index contributed by atoms with van der Waals surface area (Å²) in [4.78, 5) is 4.99. The summed E-state index contributed by atoms with van der Waals surface area (Å²) in [6.07, 6.45) is 2.18. The van der Waals surface area contributed by atoms with Gasteiger partial charge in [0.2, 0.25) is 0 Å². The smallest absolute Gasteiger partial charge is 0.0594 e. The minimum atomic E-state index is 0.327. The molecule has 122 valence electrons. The predicted molar refractivity (Wildman–Crippen MR) is 87.6 cm³/mol. The number of benzene rings is 1. The van der Waals surface area contributed by atoms with Gasteiger partial charge in [0.15, 0.2) is 0 Å². The van der Waals surface area contributed by atoms with E-state index < -0.39 is 0 Å². The lowest BCUT2D eigenvalue weighted by atomic mass is 10.1. The lowest BCUT2D eigenvalue weighted by Gasteiger charge is -2.26. The lowest BCUT2D eigenvalue weighted by molar-refractivity contribution is 0.0342. The van der Waals surface area contributed by atoms with Crippen molar-refractivity contribution in [2.24, 2.45) is 5.92 Å². The van der Waals surface area contributed by atoms with E-state index in [2.05, 4.69) is 34.1 Å². The van der Waals surface area contributed by atoms with Crippen molar-refractivity contribution >= 4 is 0 Å². The molecule has 1 aromatic carbocycles. The van der Waals surface area contributed by atoms with Crippen LogP contribution in [0.15, 0.2) is 24.3 Å². The molecule has 1 atom stereocenters. The molecule has 2 aliphatic rings. The van der Waals surface area contributed by atoms with E-state index in [1.165, 1.54) is 24.1 Å². The molecule has 4 heteroatoms. The van der Waals surface area contributed by atoms with Gasteiger partial charge in [-0.25, -0.2) is 0 Å². The molecule has 1 N–H and O–H groups in total. The van der Waals surface area contributed by atoms with Gasteiger partial charge in [-0.05, 0) is 36.4 Å². The molecule has 2 heterocycles. The summed E-state index contributed by atoms with van der Waals surface area (Å²) in [6, 6.07) is 9.01. The van der Waals surface area contributed by atoms with Gasteiger partial charge in [-0.1, -0.05) is 24.3 Å².